The second kappa shape index (κ2) is 6.86. The summed E-state index contributed by atoms with van der Waals surface area (Å²) < 4.78 is 0. The smallest absolute Gasteiger partial charge is 0.00923 e. The molecule has 0 aliphatic heterocycles. The molecule has 2 aliphatic carbocycles. The maximum absolute atomic E-state index is 2.37. The van der Waals surface area contributed by atoms with Crippen LogP contribution in [0.4, 0.5) is 0 Å². The maximum Gasteiger partial charge on any atom is -0.00923 e. The third kappa shape index (κ3) is 2.62. The molecule has 140 valence electrons. The lowest BCUT2D eigenvalue weighted by atomic mass is 9.96. The quantitative estimate of drug-likeness (QED) is 0.338. The summed E-state index contributed by atoms with van der Waals surface area (Å²) in [5, 5.41) is 0. The van der Waals surface area contributed by atoms with Crippen LogP contribution in [-0.2, 0) is 0 Å². The van der Waals surface area contributed by atoms with E-state index in [-0.39, 0.29) is 0 Å². The third-order valence-electron chi connectivity index (χ3n) is 6.05. The fourth-order valence-corrected chi connectivity index (χ4v) is 4.66. The highest BCUT2D eigenvalue weighted by atomic mass is 14.3. The molecule has 0 unspecified atom stereocenters. The molecule has 4 aromatic rings. The monoisotopic (exact) mass is 380 g/mol. The Hall–Kier alpha value is -3.90. The molecule has 6 rings (SSSR count). The SMILES string of the molecule is C1=C(c2ccccc2)c2ccccc2/C1=C1\C=C(c2ccccc2)c2ccccc21. The first-order valence-corrected chi connectivity index (χ1v) is 10.4. The zero-order chi connectivity index (χ0) is 19.9. The molecule has 2 aliphatic rings. The molecule has 0 saturated carbocycles. The Labute approximate surface area is 177 Å². The molecule has 0 atom stereocenters. The Kier molecular flexibility index (Phi) is 3.89. The predicted octanol–water partition coefficient (Wildman–Crippen LogP) is 7.49. The highest BCUT2D eigenvalue weighted by Gasteiger charge is 2.26. The lowest BCUT2D eigenvalue weighted by Gasteiger charge is -2.08. The Morgan fingerprint density at radius 1 is 0.300 bits per heavy atom. The van der Waals surface area contributed by atoms with Crippen LogP contribution >= 0.6 is 0 Å². The number of benzene rings is 4. The second-order valence-corrected chi connectivity index (χ2v) is 7.77. The van der Waals surface area contributed by atoms with Crippen molar-refractivity contribution < 1.29 is 0 Å². The fraction of sp³-hybridized carbons (Fsp3) is 0. The molecule has 0 amide bonds. The van der Waals surface area contributed by atoms with Crippen molar-refractivity contribution in [2.45, 2.75) is 0 Å². The summed E-state index contributed by atoms with van der Waals surface area (Å²) in [4.78, 5) is 0. The summed E-state index contributed by atoms with van der Waals surface area (Å²) in [5.41, 5.74) is 13.0. The van der Waals surface area contributed by atoms with Gasteiger partial charge in [-0.05, 0) is 67.8 Å². The van der Waals surface area contributed by atoms with Crippen molar-refractivity contribution in [3.8, 4) is 0 Å². The Balaban J connectivity index is 1.63. The molecule has 0 bridgehead atoms. The molecule has 30 heavy (non-hydrogen) atoms. The molecule has 4 aromatic carbocycles. The van der Waals surface area contributed by atoms with Gasteiger partial charge < -0.3 is 0 Å². The van der Waals surface area contributed by atoms with Gasteiger partial charge in [-0.2, -0.15) is 0 Å². The molecule has 0 fully saturated rings. The molecule has 0 spiro atoms. The molecule has 0 saturated heterocycles. The van der Waals surface area contributed by atoms with Crippen LogP contribution in [0.2, 0.25) is 0 Å². The number of hydrogen-bond donors (Lipinski definition) is 0. The van der Waals surface area contributed by atoms with Crippen LogP contribution in [-0.4, -0.2) is 0 Å². The van der Waals surface area contributed by atoms with Crippen molar-refractivity contribution >= 4 is 22.3 Å². The Morgan fingerprint density at radius 3 is 1.03 bits per heavy atom. The summed E-state index contributed by atoms with van der Waals surface area (Å²) in [7, 11) is 0. The number of rotatable bonds is 2. The van der Waals surface area contributed by atoms with Crippen molar-refractivity contribution in [1.82, 2.24) is 0 Å². The molecule has 0 radical (unpaired) electrons. The van der Waals surface area contributed by atoms with Crippen LogP contribution in [0.15, 0.2) is 121 Å². The van der Waals surface area contributed by atoms with Crippen LogP contribution < -0.4 is 0 Å². The highest BCUT2D eigenvalue weighted by molar-refractivity contribution is 6.16. The standard InChI is InChI=1S/C30H20/c1-3-11-21(12-4-1)27-19-29(25-17-9-7-15-23(25)27)30-20-28(22-13-5-2-6-14-22)24-16-8-10-18-26(24)30/h1-20H/b30-29+. The minimum absolute atomic E-state index is 1.26. The lowest BCUT2D eigenvalue weighted by Crippen LogP contribution is -1.88. The zero-order valence-corrected chi connectivity index (χ0v) is 16.5. The van der Waals surface area contributed by atoms with E-state index in [1.165, 1.54) is 55.7 Å². The first-order chi connectivity index (χ1) is 14.9. The van der Waals surface area contributed by atoms with E-state index in [4.69, 9.17) is 0 Å². The topological polar surface area (TPSA) is 0 Å². The van der Waals surface area contributed by atoms with Gasteiger partial charge in [-0.3, -0.25) is 0 Å². The summed E-state index contributed by atoms with van der Waals surface area (Å²) >= 11 is 0. The van der Waals surface area contributed by atoms with Crippen molar-refractivity contribution in [1.29, 1.82) is 0 Å². The van der Waals surface area contributed by atoms with Crippen LogP contribution in [0.3, 0.4) is 0 Å². The lowest BCUT2D eigenvalue weighted by molar-refractivity contribution is 1.54. The second-order valence-electron chi connectivity index (χ2n) is 7.77. The molecule has 0 aromatic heterocycles. The minimum atomic E-state index is 1.26. The van der Waals surface area contributed by atoms with Gasteiger partial charge in [-0.1, -0.05) is 109 Å². The third-order valence-corrected chi connectivity index (χ3v) is 6.05. The minimum Gasteiger partial charge on any atom is -0.0622 e. The van der Waals surface area contributed by atoms with Crippen molar-refractivity contribution in [2.75, 3.05) is 0 Å². The summed E-state index contributed by atoms with van der Waals surface area (Å²) in [6.07, 6.45) is 4.74. The Bertz CT molecular complexity index is 1240. The van der Waals surface area contributed by atoms with Gasteiger partial charge in [-0.15, -0.1) is 0 Å². The van der Waals surface area contributed by atoms with Crippen LogP contribution in [0.25, 0.3) is 22.3 Å². The number of allylic oxidation sites excluding steroid dienone is 4. The van der Waals surface area contributed by atoms with Gasteiger partial charge in [0, 0.05) is 0 Å². The van der Waals surface area contributed by atoms with E-state index in [1.54, 1.807) is 0 Å². The molecule has 0 heterocycles. The van der Waals surface area contributed by atoms with Gasteiger partial charge in [0.15, 0.2) is 0 Å². The molecule has 0 heteroatoms. The zero-order valence-electron chi connectivity index (χ0n) is 16.5. The average Bonchev–Trinajstić information content (AvgIpc) is 3.39. The van der Waals surface area contributed by atoms with Gasteiger partial charge in [0.05, 0.1) is 0 Å². The largest absolute Gasteiger partial charge is 0.0622 e. The van der Waals surface area contributed by atoms with Crippen molar-refractivity contribution in [3.05, 3.63) is 155 Å². The van der Waals surface area contributed by atoms with Gasteiger partial charge in [0.1, 0.15) is 0 Å². The van der Waals surface area contributed by atoms with E-state index >= 15 is 0 Å². The summed E-state index contributed by atoms with van der Waals surface area (Å²) in [6, 6.07) is 38.9. The van der Waals surface area contributed by atoms with Gasteiger partial charge in [0.2, 0.25) is 0 Å². The van der Waals surface area contributed by atoms with Gasteiger partial charge in [0.25, 0.3) is 0 Å². The van der Waals surface area contributed by atoms with E-state index in [0.29, 0.717) is 0 Å². The van der Waals surface area contributed by atoms with Gasteiger partial charge in [-0.25, -0.2) is 0 Å². The van der Waals surface area contributed by atoms with E-state index in [0.717, 1.165) is 0 Å². The molecule has 0 N–H and O–H groups in total. The van der Waals surface area contributed by atoms with Gasteiger partial charge >= 0.3 is 0 Å². The number of hydrogen-bond acceptors (Lipinski definition) is 0. The summed E-state index contributed by atoms with van der Waals surface area (Å²) in [6.45, 7) is 0. The van der Waals surface area contributed by atoms with Crippen LogP contribution in [0, 0.1) is 0 Å². The predicted molar refractivity (Wildman–Crippen MR) is 127 cm³/mol. The van der Waals surface area contributed by atoms with E-state index in [1.807, 2.05) is 0 Å². The van der Waals surface area contributed by atoms with E-state index < -0.39 is 0 Å². The normalized spacial score (nSPS) is 16.7. The molecule has 0 nitrogen and oxygen atoms in total. The first kappa shape index (κ1) is 17.0. The van der Waals surface area contributed by atoms with Crippen LogP contribution in [0.5, 0.6) is 0 Å². The number of fused-ring (bicyclic) bond motifs is 2. The van der Waals surface area contributed by atoms with E-state index in [9.17, 15) is 0 Å². The van der Waals surface area contributed by atoms with E-state index in [2.05, 4.69) is 121 Å². The molecular formula is C30H20. The highest BCUT2D eigenvalue weighted by Crippen LogP contribution is 2.47. The maximum atomic E-state index is 2.37. The molecular weight excluding hydrogens is 360 g/mol. The average molecular weight is 380 g/mol. The van der Waals surface area contributed by atoms with Crippen molar-refractivity contribution in [2.24, 2.45) is 0 Å². The fourth-order valence-electron chi connectivity index (χ4n) is 4.66. The Morgan fingerprint density at radius 2 is 0.633 bits per heavy atom. The van der Waals surface area contributed by atoms with Crippen LogP contribution in [0.1, 0.15) is 33.4 Å². The van der Waals surface area contributed by atoms with Crippen molar-refractivity contribution in [3.63, 3.8) is 0 Å². The first-order valence-electron chi connectivity index (χ1n) is 10.4. The summed E-state index contributed by atoms with van der Waals surface area (Å²) in [5.74, 6) is 0.